The highest BCUT2D eigenvalue weighted by Crippen LogP contribution is 2.26. The third-order valence-corrected chi connectivity index (χ3v) is 3.40. The van der Waals surface area contributed by atoms with Crippen LogP contribution in [0.15, 0.2) is 54.6 Å². The average molecular weight is 296 g/mol. The Hall–Kier alpha value is -3.22. The second kappa shape index (κ2) is 5.28. The lowest BCUT2D eigenvalue weighted by atomic mass is 10.2. The van der Waals surface area contributed by atoms with Crippen LogP contribution in [0, 0.1) is 15.5 Å². The molecule has 1 aliphatic heterocycles. The van der Waals surface area contributed by atoms with Crippen LogP contribution in [-0.4, -0.2) is 23.3 Å². The van der Waals surface area contributed by atoms with Gasteiger partial charge in [0, 0.05) is 17.8 Å². The van der Waals surface area contributed by atoms with Gasteiger partial charge in [0.1, 0.15) is 6.54 Å². The number of hydrogen-bond acceptors (Lipinski definition) is 4. The van der Waals surface area contributed by atoms with E-state index in [-0.39, 0.29) is 24.1 Å². The number of non-ortho nitro benzene ring substituents is 1. The molecule has 3 rings (SSSR count). The maximum Gasteiger partial charge on any atom is 0.269 e. The van der Waals surface area contributed by atoms with E-state index in [1.165, 1.54) is 29.2 Å². The molecule has 2 aromatic carbocycles. The molecule has 22 heavy (non-hydrogen) atoms. The molecule has 1 fully saturated rings. The minimum absolute atomic E-state index is 0.0325. The fraction of sp³-hybridized carbons (Fsp3) is 0.0667. The molecule has 0 aromatic heterocycles. The van der Waals surface area contributed by atoms with Gasteiger partial charge in [-0.3, -0.25) is 20.3 Å². The van der Waals surface area contributed by atoms with Crippen LogP contribution < -0.4 is 9.80 Å². The molecule has 1 saturated heterocycles. The highest BCUT2D eigenvalue weighted by atomic mass is 16.6. The molecule has 0 unspecified atom stereocenters. The van der Waals surface area contributed by atoms with Gasteiger partial charge >= 0.3 is 0 Å². The van der Waals surface area contributed by atoms with Crippen molar-refractivity contribution >= 4 is 28.9 Å². The van der Waals surface area contributed by atoms with Crippen LogP contribution in [0.1, 0.15) is 0 Å². The van der Waals surface area contributed by atoms with Crippen LogP contribution >= 0.6 is 0 Å². The smallest absolute Gasteiger partial charge is 0.269 e. The maximum absolute atomic E-state index is 12.2. The van der Waals surface area contributed by atoms with Crippen molar-refractivity contribution in [3.63, 3.8) is 0 Å². The minimum Gasteiger partial charge on any atom is -0.303 e. The van der Waals surface area contributed by atoms with Crippen molar-refractivity contribution in [1.29, 1.82) is 5.41 Å². The highest BCUT2D eigenvalue weighted by Gasteiger charge is 2.35. The summed E-state index contributed by atoms with van der Waals surface area (Å²) in [4.78, 5) is 25.2. The first-order valence-corrected chi connectivity index (χ1v) is 6.56. The molecule has 0 aliphatic carbocycles. The van der Waals surface area contributed by atoms with Gasteiger partial charge in [-0.2, -0.15) is 0 Å². The monoisotopic (exact) mass is 296 g/mol. The molecular formula is C15H12N4O3. The number of amides is 1. The Labute approximate surface area is 126 Å². The lowest BCUT2D eigenvalue weighted by molar-refractivity contribution is -0.384. The summed E-state index contributed by atoms with van der Waals surface area (Å²) in [7, 11) is 0. The van der Waals surface area contributed by atoms with E-state index in [4.69, 9.17) is 5.41 Å². The molecule has 1 heterocycles. The van der Waals surface area contributed by atoms with Crippen molar-refractivity contribution in [2.45, 2.75) is 0 Å². The molecule has 0 saturated carbocycles. The molecule has 1 amide bonds. The summed E-state index contributed by atoms with van der Waals surface area (Å²) >= 11 is 0. The number of carbonyl (C=O) groups excluding carboxylic acids is 1. The predicted molar refractivity (Wildman–Crippen MR) is 82.1 cm³/mol. The Kier molecular flexibility index (Phi) is 3.30. The summed E-state index contributed by atoms with van der Waals surface area (Å²) in [6.45, 7) is 0.0693. The van der Waals surface area contributed by atoms with Gasteiger partial charge in [0.25, 0.3) is 11.6 Å². The van der Waals surface area contributed by atoms with Crippen molar-refractivity contribution in [3.8, 4) is 0 Å². The Morgan fingerprint density at radius 2 is 1.64 bits per heavy atom. The molecule has 0 spiro atoms. The van der Waals surface area contributed by atoms with Gasteiger partial charge in [-0.25, -0.2) is 4.90 Å². The van der Waals surface area contributed by atoms with E-state index in [9.17, 15) is 14.9 Å². The van der Waals surface area contributed by atoms with Crippen LogP contribution in [0.3, 0.4) is 0 Å². The number of rotatable bonds is 3. The van der Waals surface area contributed by atoms with Crippen LogP contribution in [0.25, 0.3) is 0 Å². The summed E-state index contributed by atoms with van der Waals surface area (Å²) in [5.74, 6) is -0.215. The Balaban J connectivity index is 1.90. The Morgan fingerprint density at radius 1 is 1.00 bits per heavy atom. The van der Waals surface area contributed by atoms with Crippen molar-refractivity contribution in [2.24, 2.45) is 0 Å². The van der Waals surface area contributed by atoms with Crippen LogP contribution in [0.5, 0.6) is 0 Å². The number of anilines is 2. The summed E-state index contributed by atoms with van der Waals surface area (Å²) in [5.41, 5.74) is 1.14. The van der Waals surface area contributed by atoms with E-state index in [0.717, 1.165) is 5.69 Å². The normalized spacial score (nSPS) is 14.5. The molecule has 7 heteroatoms. The topological polar surface area (TPSA) is 90.5 Å². The number of para-hydroxylation sites is 1. The largest absolute Gasteiger partial charge is 0.303 e. The van der Waals surface area contributed by atoms with Gasteiger partial charge in [0.05, 0.1) is 10.6 Å². The van der Waals surface area contributed by atoms with E-state index in [1.54, 1.807) is 4.90 Å². The van der Waals surface area contributed by atoms with Gasteiger partial charge < -0.3 is 4.90 Å². The van der Waals surface area contributed by atoms with E-state index in [0.29, 0.717) is 5.69 Å². The number of benzene rings is 2. The number of guanidine groups is 1. The zero-order chi connectivity index (χ0) is 15.7. The summed E-state index contributed by atoms with van der Waals surface area (Å²) in [6.07, 6.45) is 0. The van der Waals surface area contributed by atoms with Gasteiger partial charge in [-0.1, -0.05) is 18.2 Å². The molecule has 1 N–H and O–H groups in total. The molecule has 2 aromatic rings. The highest BCUT2D eigenvalue weighted by molar-refractivity contribution is 6.27. The number of nitro groups is 1. The second-order valence-electron chi connectivity index (χ2n) is 4.75. The van der Waals surface area contributed by atoms with Gasteiger partial charge in [-0.15, -0.1) is 0 Å². The summed E-state index contributed by atoms with van der Waals surface area (Å²) in [5, 5.41) is 18.9. The number of nitro benzene ring substituents is 1. The van der Waals surface area contributed by atoms with E-state index < -0.39 is 4.92 Å². The molecular weight excluding hydrogens is 284 g/mol. The molecule has 1 aliphatic rings. The average Bonchev–Trinajstić information content (AvgIpc) is 2.83. The van der Waals surface area contributed by atoms with Crippen LogP contribution in [0.4, 0.5) is 17.1 Å². The van der Waals surface area contributed by atoms with Gasteiger partial charge in [0.2, 0.25) is 5.96 Å². The fourth-order valence-corrected chi connectivity index (χ4v) is 2.33. The third-order valence-electron chi connectivity index (χ3n) is 3.40. The maximum atomic E-state index is 12.2. The van der Waals surface area contributed by atoms with Crippen molar-refractivity contribution in [1.82, 2.24) is 0 Å². The number of nitrogens with one attached hydrogen (secondary N) is 1. The molecule has 0 atom stereocenters. The van der Waals surface area contributed by atoms with Crippen molar-refractivity contribution < 1.29 is 9.72 Å². The van der Waals surface area contributed by atoms with Crippen LogP contribution in [-0.2, 0) is 4.79 Å². The first kappa shape index (κ1) is 13.7. The van der Waals surface area contributed by atoms with E-state index >= 15 is 0 Å². The first-order valence-electron chi connectivity index (χ1n) is 6.56. The lowest BCUT2D eigenvalue weighted by Gasteiger charge is -2.20. The lowest BCUT2D eigenvalue weighted by Crippen LogP contribution is -2.33. The van der Waals surface area contributed by atoms with Gasteiger partial charge in [0.15, 0.2) is 0 Å². The zero-order valence-electron chi connectivity index (χ0n) is 11.5. The quantitative estimate of drug-likeness (QED) is 0.695. The zero-order valence-corrected chi connectivity index (χ0v) is 11.5. The molecule has 7 nitrogen and oxygen atoms in total. The Bertz CT molecular complexity index is 743. The van der Waals surface area contributed by atoms with E-state index in [2.05, 4.69) is 0 Å². The SMILES string of the molecule is N=C1N(c2ccccc2)CC(=O)N1c1ccc([N+](=O)[O-])cc1. The molecule has 0 radical (unpaired) electrons. The first-order chi connectivity index (χ1) is 10.6. The predicted octanol–water partition coefficient (Wildman–Crippen LogP) is 2.38. The van der Waals surface area contributed by atoms with Crippen molar-refractivity contribution in [2.75, 3.05) is 16.3 Å². The summed E-state index contributed by atoms with van der Waals surface area (Å²) < 4.78 is 0. The molecule has 0 bridgehead atoms. The number of nitrogens with zero attached hydrogens (tertiary/aromatic N) is 3. The van der Waals surface area contributed by atoms with E-state index in [1.807, 2.05) is 30.3 Å². The fourth-order valence-electron chi connectivity index (χ4n) is 2.33. The number of hydrogen-bond donors (Lipinski definition) is 1. The second-order valence-corrected chi connectivity index (χ2v) is 4.75. The standard InChI is InChI=1S/C15H12N4O3/c16-15-17(11-4-2-1-3-5-11)10-14(20)18(15)12-6-8-13(9-7-12)19(21)22/h1-9,16H,10H2. The Morgan fingerprint density at radius 3 is 2.23 bits per heavy atom. The molecule has 110 valence electrons. The van der Waals surface area contributed by atoms with Gasteiger partial charge in [-0.05, 0) is 24.3 Å². The van der Waals surface area contributed by atoms with Crippen LogP contribution in [0.2, 0.25) is 0 Å². The van der Waals surface area contributed by atoms with Crippen molar-refractivity contribution in [3.05, 3.63) is 64.7 Å². The third kappa shape index (κ3) is 2.28. The summed E-state index contributed by atoms with van der Waals surface area (Å²) in [6, 6.07) is 14.8. The minimum atomic E-state index is -0.503. The number of carbonyl (C=O) groups is 1.